The van der Waals surface area contributed by atoms with Crippen LogP contribution in [0.4, 0.5) is 0 Å². The van der Waals surface area contributed by atoms with E-state index in [1.54, 1.807) is 7.11 Å². The normalized spacial score (nSPS) is 11.6. The first kappa shape index (κ1) is 31.2. The lowest BCUT2D eigenvalue weighted by Crippen LogP contribution is -1.86. The summed E-state index contributed by atoms with van der Waals surface area (Å²) in [5, 5.41) is 2.61. The van der Waals surface area contributed by atoms with Gasteiger partial charge >= 0.3 is 0 Å². The number of unbranched alkanes of at least 4 members (excludes halogenated alkanes) is 7. The Balaban J connectivity index is 1.11. The lowest BCUT2D eigenvalue weighted by Gasteiger charge is -2.00. The van der Waals surface area contributed by atoms with Gasteiger partial charge in [-0.05, 0) is 65.6 Å². The highest BCUT2D eigenvalue weighted by atomic mass is 32.1. The molecule has 0 fully saturated rings. The van der Waals surface area contributed by atoms with Gasteiger partial charge in [0, 0.05) is 52.2 Å². The largest absolute Gasteiger partial charge is 0.496 e. The third kappa shape index (κ3) is 7.54. The molecule has 0 amide bonds. The van der Waals surface area contributed by atoms with Crippen LogP contribution < -0.4 is 4.74 Å². The summed E-state index contributed by atoms with van der Waals surface area (Å²) >= 11 is 7.41. The molecule has 2 aromatic carbocycles. The molecule has 4 aromatic heterocycles. The molecule has 0 aliphatic rings. The van der Waals surface area contributed by atoms with Gasteiger partial charge in [0.05, 0.1) is 12.0 Å². The number of aldehydes is 1. The quantitative estimate of drug-likeness (QED) is 0.0765. The number of fused-ring (bicyclic) bond motifs is 2. The van der Waals surface area contributed by atoms with Crippen molar-refractivity contribution in [1.29, 1.82) is 0 Å². The lowest BCUT2D eigenvalue weighted by molar-refractivity contribution is 0.112. The zero-order valence-electron chi connectivity index (χ0n) is 25.7. The molecule has 0 atom stereocenters. The van der Waals surface area contributed by atoms with Crippen LogP contribution in [0.15, 0.2) is 66.7 Å². The predicted octanol–water partition coefficient (Wildman–Crippen LogP) is 12.6. The fraction of sp³-hybridized carbons (Fsp3) is 0.342. The number of benzene rings is 2. The molecule has 0 radical (unpaired) electrons. The highest BCUT2D eigenvalue weighted by molar-refractivity contribution is 7.21. The number of methoxy groups -OCH3 is 1. The first-order valence-corrected chi connectivity index (χ1v) is 19.1. The average Bonchev–Trinajstić information content (AvgIpc) is 3.82. The molecule has 0 aliphatic carbocycles. The van der Waals surface area contributed by atoms with Gasteiger partial charge in [0.2, 0.25) is 0 Å². The number of thiophene rings is 4. The van der Waals surface area contributed by atoms with Crippen LogP contribution in [-0.4, -0.2) is 13.4 Å². The number of ether oxygens (including phenoxy) is 1. The highest BCUT2D eigenvalue weighted by Gasteiger charge is 2.15. The molecule has 0 aliphatic heterocycles. The molecule has 4 heterocycles. The van der Waals surface area contributed by atoms with Crippen LogP contribution in [0.5, 0.6) is 5.75 Å². The number of carbonyl (C=O) groups is 1. The molecular weight excluding hydrogens is 617 g/mol. The minimum atomic E-state index is 0.844. The van der Waals surface area contributed by atoms with Gasteiger partial charge in [-0.3, -0.25) is 4.79 Å². The van der Waals surface area contributed by atoms with E-state index in [4.69, 9.17) is 4.74 Å². The van der Waals surface area contributed by atoms with Crippen molar-refractivity contribution in [3.63, 3.8) is 0 Å². The summed E-state index contributed by atoms with van der Waals surface area (Å²) in [6.45, 7) is 2.27. The second-order valence-electron chi connectivity index (χ2n) is 11.6. The Morgan fingerprint density at radius 1 is 0.659 bits per heavy atom. The van der Waals surface area contributed by atoms with Crippen LogP contribution in [0.2, 0.25) is 0 Å². The summed E-state index contributed by atoms with van der Waals surface area (Å²) < 4.78 is 8.41. The minimum Gasteiger partial charge on any atom is -0.496 e. The summed E-state index contributed by atoms with van der Waals surface area (Å²) in [6, 6.07) is 24.2. The SMILES string of the molecule is CCCCCCCCCCc1cc(C=O)c(Cc2cc3cc4sc(Cc5sc(-c6ccccc6)cc5OC)cc4cc3s2)s1. The van der Waals surface area contributed by atoms with Gasteiger partial charge in [0.1, 0.15) is 5.75 Å². The van der Waals surface area contributed by atoms with E-state index in [2.05, 4.69) is 73.7 Å². The van der Waals surface area contributed by atoms with Crippen molar-refractivity contribution >= 4 is 71.8 Å². The van der Waals surface area contributed by atoms with E-state index in [9.17, 15) is 4.79 Å². The van der Waals surface area contributed by atoms with Crippen molar-refractivity contribution in [2.24, 2.45) is 0 Å². The van der Waals surface area contributed by atoms with E-state index in [1.807, 2.05) is 45.3 Å². The lowest BCUT2D eigenvalue weighted by atomic mass is 10.1. The first-order valence-electron chi connectivity index (χ1n) is 15.9. The Hall–Kier alpha value is -2.77. The maximum Gasteiger partial charge on any atom is 0.151 e. The van der Waals surface area contributed by atoms with Crippen molar-refractivity contribution in [1.82, 2.24) is 0 Å². The molecule has 44 heavy (non-hydrogen) atoms. The number of hydrogen-bond acceptors (Lipinski definition) is 6. The number of carbonyl (C=O) groups excluding carboxylic acids is 1. The Morgan fingerprint density at radius 3 is 1.93 bits per heavy atom. The van der Waals surface area contributed by atoms with E-state index in [0.717, 1.165) is 36.9 Å². The van der Waals surface area contributed by atoms with Crippen LogP contribution >= 0.6 is 45.3 Å². The number of aryl methyl sites for hydroxylation is 1. The third-order valence-electron chi connectivity index (χ3n) is 8.27. The van der Waals surface area contributed by atoms with Gasteiger partial charge in [-0.15, -0.1) is 45.3 Å². The Labute approximate surface area is 277 Å². The van der Waals surface area contributed by atoms with Crippen molar-refractivity contribution in [3.8, 4) is 16.2 Å². The molecule has 0 saturated carbocycles. The maximum atomic E-state index is 11.9. The van der Waals surface area contributed by atoms with Crippen molar-refractivity contribution in [2.45, 2.75) is 77.6 Å². The molecule has 0 spiro atoms. The highest BCUT2D eigenvalue weighted by Crippen LogP contribution is 2.41. The van der Waals surface area contributed by atoms with Crippen LogP contribution in [0.25, 0.3) is 30.6 Å². The predicted molar refractivity (Wildman–Crippen MR) is 195 cm³/mol. The zero-order valence-corrected chi connectivity index (χ0v) is 28.9. The second kappa shape index (κ2) is 15.0. The molecule has 0 unspecified atom stereocenters. The van der Waals surface area contributed by atoms with E-state index in [1.165, 1.54) is 106 Å². The van der Waals surface area contributed by atoms with Gasteiger partial charge in [0.25, 0.3) is 0 Å². The van der Waals surface area contributed by atoms with Crippen molar-refractivity contribution in [3.05, 3.63) is 96.7 Å². The smallest absolute Gasteiger partial charge is 0.151 e. The van der Waals surface area contributed by atoms with E-state index < -0.39 is 0 Å². The second-order valence-corrected chi connectivity index (χ2v) is 16.3. The van der Waals surface area contributed by atoms with Gasteiger partial charge in [0.15, 0.2) is 6.29 Å². The molecule has 228 valence electrons. The Kier molecular flexibility index (Phi) is 10.6. The third-order valence-corrected chi connectivity index (χ3v) is 12.8. The number of rotatable bonds is 16. The average molecular weight is 657 g/mol. The molecule has 0 bridgehead atoms. The van der Waals surface area contributed by atoms with Gasteiger partial charge in [-0.1, -0.05) is 82.2 Å². The fourth-order valence-electron chi connectivity index (χ4n) is 5.92. The topological polar surface area (TPSA) is 26.3 Å². The van der Waals surface area contributed by atoms with Crippen molar-refractivity contribution < 1.29 is 9.53 Å². The van der Waals surface area contributed by atoms with Gasteiger partial charge in [-0.25, -0.2) is 0 Å². The summed E-state index contributed by atoms with van der Waals surface area (Å²) in [7, 11) is 1.77. The van der Waals surface area contributed by atoms with Crippen LogP contribution in [0.3, 0.4) is 0 Å². The summed E-state index contributed by atoms with van der Waals surface area (Å²) in [6.07, 6.45) is 14.5. The van der Waals surface area contributed by atoms with Crippen molar-refractivity contribution in [2.75, 3.05) is 7.11 Å². The molecule has 6 heteroatoms. The fourth-order valence-corrected chi connectivity index (χ4v) is 10.7. The molecule has 6 aromatic rings. The molecule has 0 saturated heterocycles. The zero-order chi connectivity index (χ0) is 30.3. The monoisotopic (exact) mass is 656 g/mol. The van der Waals surface area contributed by atoms with E-state index in [0.29, 0.717) is 0 Å². The molecule has 0 N–H and O–H groups in total. The summed E-state index contributed by atoms with van der Waals surface area (Å²) in [5.74, 6) is 0.973. The molecule has 2 nitrogen and oxygen atoms in total. The van der Waals surface area contributed by atoms with E-state index >= 15 is 0 Å². The van der Waals surface area contributed by atoms with E-state index in [-0.39, 0.29) is 0 Å². The number of hydrogen-bond donors (Lipinski definition) is 0. The van der Waals surface area contributed by atoms with Crippen LogP contribution in [0, 0.1) is 0 Å². The standard InChI is InChI=1S/C38H40O2S4/c1-3-4-5-6-7-8-9-13-16-30-19-29(25-39)36(41-30)22-31-17-27-20-35-28(21-34(27)42-31)18-32(43-35)23-38-33(40-2)24-37(44-38)26-14-11-10-12-15-26/h10-12,14-15,17-21,24-25H,3-9,13,16,22-23H2,1-2H3. The van der Waals surface area contributed by atoms with Crippen LogP contribution in [-0.2, 0) is 19.3 Å². The summed E-state index contributed by atoms with van der Waals surface area (Å²) in [4.78, 5) is 19.7. The first-order chi connectivity index (χ1) is 21.6. The molecule has 6 rings (SSSR count). The van der Waals surface area contributed by atoms with Gasteiger partial charge < -0.3 is 4.74 Å². The Morgan fingerprint density at radius 2 is 1.30 bits per heavy atom. The van der Waals surface area contributed by atoms with Crippen LogP contribution in [0.1, 0.15) is 93.0 Å². The summed E-state index contributed by atoms with van der Waals surface area (Å²) in [5.41, 5.74) is 2.11. The minimum absolute atomic E-state index is 0.844. The maximum absolute atomic E-state index is 11.9. The van der Waals surface area contributed by atoms with Gasteiger partial charge in [-0.2, -0.15) is 0 Å². The Bertz CT molecular complexity index is 1770. The molecular formula is C38H40O2S4.